The van der Waals surface area contributed by atoms with Gasteiger partial charge in [-0.3, -0.25) is 19.3 Å². The van der Waals surface area contributed by atoms with Gasteiger partial charge in [0.2, 0.25) is 5.91 Å². The summed E-state index contributed by atoms with van der Waals surface area (Å²) in [4.78, 5) is 42.0. The molecule has 6 nitrogen and oxygen atoms in total. The summed E-state index contributed by atoms with van der Waals surface area (Å²) in [6.45, 7) is 6.98. The van der Waals surface area contributed by atoms with Crippen LogP contribution in [-0.4, -0.2) is 43.4 Å². The third-order valence-electron chi connectivity index (χ3n) is 11.1. The molecule has 7 heteroatoms. The second kappa shape index (κ2) is 18.3. The summed E-state index contributed by atoms with van der Waals surface area (Å²) in [6.07, 6.45) is 5.48. The third kappa shape index (κ3) is 9.13. The largest absolute Gasteiger partial charge is 0.461 e. The smallest absolute Gasteiger partial charge is 0.308 e. The summed E-state index contributed by atoms with van der Waals surface area (Å²) in [5, 5.41) is 1.27. The summed E-state index contributed by atoms with van der Waals surface area (Å²) < 4.78 is 12.8. The lowest BCUT2D eigenvalue weighted by molar-refractivity contribution is -0.149. The molecular formula is C48H51NO5Si. The zero-order chi connectivity index (χ0) is 38.7. The Morgan fingerprint density at radius 2 is 1.25 bits per heavy atom. The predicted molar refractivity (Wildman–Crippen MR) is 221 cm³/mol. The SMILES string of the molecule is C[C@H](C(=O)OCc1ccccc1)[C@H](CC/C=C/C(=O)N1C(=O)CC[C@H]1COC(c1ccccc1)(c1ccccc1)c1ccccc1)[Si](C)(C)c1ccccc1. The fraction of sp³-hybridized carbons (Fsp3) is 0.271. The van der Waals surface area contributed by atoms with Gasteiger partial charge < -0.3 is 9.47 Å². The first-order valence-electron chi connectivity index (χ1n) is 19.3. The van der Waals surface area contributed by atoms with Crippen LogP contribution >= 0.6 is 0 Å². The number of allylic oxidation sites excluding steroid dienone is 1. The standard InChI is InChI=1S/C48H51NO5Si/c1-37(47(52)53-35-38-21-9-4-10-22-38)44(55(2,3)43-29-17-8-18-30-43)31-19-20-32-45(50)49-42(33-34-46(49)51)36-54-48(39-23-11-5-12-24-39,40-25-13-6-14-26-40)41-27-15-7-16-28-41/h4-18,20-30,32,37,42,44H,19,31,33-36H2,1-3H3/b32-20+/t37-,42-,44-/m0/s1. The van der Waals surface area contributed by atoms with Crippen molar-refractivity contribution >= 4 is 31.0 Å². The molecule has 6 rings (SSSR count). The molecule has 5 aromatic carbocycles. The van der Waals surface area contributed by atoms with Crippen LogP contribution in [0.15, 0.2) is 164 Å². The second-order valence-corrected chi connectivity index (χ2v) is 19.7. The van der Waals surface area contributed by atoms with Crippen molar-refractivity contribution in [1.29, 1.82) is 0 Å². The van der Waals surface area contributed by atoms with E-state index in [0.29, 0.717) is 19.3 Å². The summed E-state index contributed by atoms with van der Waals surface area (Å²) in [6, 6.07) is 50.0. The molecule has 0 radical (unpaired) electrons. The van der Waals surface area contributed by atoms with E-state index in [4.69, 9.17) is 9.47 Å². The number of benzene rings is 5. The monoisotopic (exact) mass is 749 g/mol. The second-order valence-electron chi connectivity index (χ2n) is 14.9. The number of hydrogen-bond acceptors (Lipinski definition) is 5. The lowest BCUT2D eigenvalue weighted by Gasteiger charge is -2.37. The molecule has 0 N–H and O–H groups in total. The van der Waals surface area contributed by atoms with Gasteiger partial charge in [0.25, 0.3) is 5.91 Å². The number of imide groups is 1. The fourth-order valence-electron chi connectivity index (χ4n) is 8.08. The molecule has 2 amide bonds. The molecule has 0 aliphatic carbocycles. The van der Waals surface area contributed by atoms with Crippen LogP contribution in [0.2, 0.25) is 18.6 Å². The number of rotatable bonds is 16. The van der Waals surface area contributed by atoms with E-state index in [0.717, 1.165) is 22.3 Å². The van der Waals surface area contributed by atoms with E-state index < -0.39 is 19.7 Å². The number of nitrogens with zero attached hydrogens (tertiary/aromatic N) is 1. The Bertz CT molecular complexity index is 1920. The molecule has 1 aliphatic heterocycles. The topological polar surface area (TPSA) is 72.9 Å². The van der Waals surface area contributed by atoms with Gasteiger partial charge in [-0.1, -0.05) is 183 Å². The van der Waals surface area contributed by atoms with E-state index in [-0.39, 0.29) is 48.9 Å². The van der Waals surface area contributed by atoms with Gasteiger partial charge in [0, 0.05) is 6.42 Å². The zero-order valence-corrected chi connectivity index (χ0v) is 33.1. The number of carbonyl (C=O) groups excluding carboxylic acids is 3. The molecule has 1 fully saturated rings. The van der Waals surface area contributed by atoms with Crippen molar-refractivity contribution < 1.29 is 23.9 Å². The van der Waals surface area contributed by atoms with Crippen LogP contribution in [0.1, 0.15) is 54.9 Å². The number of amides is 2. The van der Waals surface area contributed by atoms with Crippen LogP contribution < -0.4 is 5.19 Å². The van der Waals surface area contributed by atoms with Crippen LogP contribution in [0.25, 0.3) is 0 Å². The third-order valence-corrected chi connectivity index (χ3v) is 15.6. The van der Waals surface area contributed by atoms with E-state index in [2.05, 4.69) is 73.8 Å². The highest BCUT2D eigenvalue weighted by molar-refractivity contribution is 6.91. The summed E-state index contributed by atoms with van der Waals surface area (Å²) >= 11 is 0. The Morgan fingerprint density at radius 3 is 1.78 bits per heavy atom. The number of esters is 1. The highest BCUT2D eigenvalue weighted by Gasteiger charge is 2.42. The molecule has 282 valence electrons. The van der Waals surface area contributed by atoms with E-state index in [1.807, 2.05) is 104 Å². The highest BCUT2D eigenvalue weighted by Crippen LogP contribution is 2.41. The first-order chi connectivity index (χ1) is 26.7. The molecule has 5 aromatic rings. The molecule has 55 heavy (non-hydrogen) atoms. The van der Waals surface area contributed by atoms with Gasteiger partial charge in [-0.15, -0.1) is 0 Å². The number of carbonyl (C=O) groups is 3. The summed E-state index contributed by atoms with van der Waals surface area (Å²) in [7, 11) is -2.18. The minimum absolute atomic E-state index is 0.0505. The van der Waals surface area contributed by atoms with Crippen molar-refractivity contribution in [3.63, 3.8) is 0 Å². The van der Waals surface area contributed by atoms with Crippen LogP contribution in [0.4, 0.5) is 0 Å². The Labute approximate surface area is 326 Å². The molecule has 0 saturated carbocycles. The fourth-order valence-corrected chi connectivity index (χ4v) is 11.8. The highest BCUT2D eigenvalue weighted by atomic mass is 28.3. The lowest BCUT2D eigenvalue weighted by Crippen LogP contribution is -2.49. The maximum atomic E-state index is 13.8. The molecule has 3 atom stereocenters. The van der Waals surface area contributed by atoms with Crippen LogP contribution in [-0.2, 0) is 36.1 Å². The van der Waals surface area contributed by atoms with E-state index >= 15 is 0 Å². The first-order valence-corrected chi connectivity index (χ1v) is 22.4. The molecule has 1 heterocycles. The zero-order valence-electron chi connectivity index (χ0n) is 32.1. The Kier molecular flexibility index (Phi) is 13.1. The van der Waals surface area contributed by atoms with Gasteiger partial charge in [-0.05, 0) is 53.1 Å². The van der Waals surface area contributed by atoms with Crippen molar-refractivity contribution in [2.45, 2.75) is 69.5 Å². The molecule has 0 spiro atoms. The van der Waals surface area contributed by atoms with E-state index in [9.17, 15) is 14.4 Å². The average molecular weight is 750 g/mol. The number of hydrogen-bond donors (Lipinski definition) is 0. The molecule has 1 saturated heterocycles. The maximum Gasteiger partial charge on any atom is 0.308 e. The van der Waals surface area contributed by atoms with Gasteiger partial charge in [-0.2, -0.15) is 0 Å². The van der Waals surface area contributed by atoms with Gasteiger partial charge in [-0.25, -0.2) is 0 Å². The minimum Gasteiger partial charge on any atom is -0.461 e. The van der Waals surface area contributed by atoms with Crippen LogP contribution in [0.5, 0.6) is 0 Å². The van der Waals surface area contributed by atoms with Gasteiger partial charge >= 0.3 is 5.97 Å². The predicted octanol–water partition coefficient (Wildman–Crippen LogP) is 9.21. The average Bonchev–Trinajstić information content (AvgIpc) is 3.61. The van der Waals surface area contributed by atoms with Crippen LogP contribution in [0.3, 0.4) is 0 Å². The normalized spacial score (nSPS) is 15.9. The quantitative estimate of drug-likeness (QED) is 0.0436. The van der Waals surface area contributed by atoms with Crippen molar-refractivity contribution in [3.05, 3.63) is 186 Å². The minimum atomic E-state index is -2.18. The van der Waals surface area contributed by atoms with Gasteiger partial charge in [0.1, 0.15) is 12.2 Å². The van der Waals surface area contributed by atoms with Gasteiger partial charge in [0.15, 0.2) is 0 Å². The summed E-state index contributed by atoms with van der Waals surface area (Å²) in [5.41, 5.74) is 2.93. The van der Waals surface area contributed by atoms with Crippen molar-refractivity contribution in [2.75, 3.05) is 6.61 Å². The number of ether oxygens (including phenoxy) is 2. The molecule has 0 aromatic heterocycles. The molecule has 0 bridgehead atoms. The van der Waals surface area contributed by atoms with E-state index in [1.165, 1.54) is 16.2 Å². The Morgan fingerprint density at radius 1 is 0.764 bits per heavy atom. The summed E-state index contributed by atoms with van der Waals surface area (Å²) in [5.74, 6) is -1.09. The van der Waals surface area contributed by atoms with E-state index in [1.54, 1.807) is 0 Å². The lowest BCUT2D eigenvalue weighted by atomic mass is 9.80. The van der Waals surface area contributed by atoms with Crippen molar-refractivity contribution in [2.24, 2.45) is 5.92 Å². The first kappa shape index (κ1) is 39.3. The maximum absolute atomic E-state index is 13.8. The van der Waals surface area contributed by atoms with Crippen molar-refractivity contribution in [3.8, 4) is 0 Å². The van der Waals surface area contributed by atoms with Gasteiger partial charge in [0.05, 0.1) is 26.6 Å². The molecular weight excluding hydrogens is 699 g/mol. The number of likely N-dealkylation sites (tertiary alicyclic amines) is 1. The molecule has 1 aliphatic rings. The Hall–Kier alpha value is -5.37. The Balaban J connectivity index is 1.18. The van der Waals surface area contributed by atoms with Crippen molar-refractivity contribution in [1.82, 2.24) is 4.90 Å². The van der Waals surface area contributed by atoms with Crippen LogP contribution in [0, 0.1) is 5.92 Å². The molecule has 0 unspecified atom stereocenters.